The molecule has 0 atom stereocenters. The van der Waals surface area contributed by atoms with Gasteiger partial charge in [-0.05, 0) is 50.7 Å². The number of rotatable bonds is 8. The number of aryl methyl sites for hydroxylation is 1. The van der Waals surface area contributed by atoms with Gasteiger partial charge in [-0.2, -0.15) is 5.10 Å². The quantitative estimate of drug-likeness (QED) is 0.422. The number of thiocarbonyl (C=S) groups is 1. The smallest absolute Gasteiger partial charge is 0.184 e. The molecule has 6 heteroatoms. The number of benzene rings is 2. The minimum atomic E-state index is 0.128. The van der Waals surface area contributed by atoms with Crippen molar-refractivity contribution in [3.05, 3.63) is 59.2 Å². The zero-order valence-electron chi connectivity index (χ0n) is 15.5. The van der Waals surface area contributed by atoms with Crippen LogP contribution >= 0.6 is 12.2 Å². The largest absolute Gasteiger partial charge is 0.488 e. The third-order valence-electron chi connectivity index (χ3n) is 3.98. The Morgan fingerprint density at radius 3 is 2.65 bits per heavy atom. The molecular weight excluding hydrogens is 344 g/mol. The van der Waals surface area contributed by atoms with Crippen LogP contribution in [0.5, 0.6) is 5.75 Å². The maximum absolute atomic E-state index is 6.11. The molecule has 0 saturated carbocycles. The molecule has 138 valence electrons. The summed E-state index contributed by atoms with van der Waals surface area (Å²) >= 11 is 4.77. The Balaban J connectivity index is 2.26. The van der Waals surface area contributed by atoms with Crippen LogP contribution in [0.25, 0.3) is 0 Å². The number of hydrogen-bond donors (Lipinski definition) is 2. The monoisotopic (exact) mass is 370 g/mol. The number of nitrogens with one attached hydrogen (secondary N) is 1. The molecule has 0 aliphatic carbocycles. The Hall–Kier alpha value is -2.60. The highest BCUT2D eigenvalue weighted by Gasteiger charge is 2.08. The van der Waals surface area contributed by atoms with Crippen molar-refractivity contribution in [2.75, 3.05) is 18.0 Å². The lowest BCUT2D eigenvalue weighted by Crippen LogP contribution is -2.24. The molecular formula is C20H26N4OS. The van der Waals surface area contributed by atoms with E-state index in [0.29, 0.717) is 6.61 Å². The molecule has 0 bridgehead atoms. The van der Waals surface area contributed by atoms with Gasteiger partial charge in [0.15, 0.2) is 5.11 Å². The predicted octanol–water partition coefficient (Wildman–Crippen LogP) is 3.59. The number of anilines is 1. The van der Waals surface area contributed by atoms with Gasteiger partial charge < -0.3 is 15.4 Å². The number of hydrogen-bond acceptors (Lipinski definition) is 4. The van der Waals surface area contributed by atoms with Crippen LogP contribution in [0.3, 0.4) is 0 Å². The lowest BCUT2D eigenvalue weighted by atomic mass is 10.1. The molecule has 5 nitrogen and oxygen atoms in total. The number of ether oxygens (including phenoxy) is 1. The van der Waals surface area contributed by atoms with Crippen LogP contribution in [0, 0.1) is 6.92 Å². The minimum Gasteiger partial charge on any atom is -0.488 e. The lowest BCUT2D eigenvalue weighted by molar-refractivity contribution is 0.306. The van der Waals surface area contributed by atoms with E-state index in [1.165, 1.54) is 5.56 Å². The molecule has 0 saturated heterocycles. The molecule has 0 unspecified atom stereocenters. The fourth-order valence-electron chi connectivity index (χ4n) is 2.67. The molecule has 0 fully saturated rings. The highest BCUT2D eigenvalue weighted by Crippen LogP contribution is 2.26. The third kappa shape index (κ3) is 5.74. The highest BCUT2D eigenvalue weighted by atomic mass is 32.1. The topological polar surface area (TPSA) is 62.9 Å². The van der Waals surface area contributed by atoms with Crippen LogP contribution in [0.1, 0.15) is 30.5 Å². The van der Waals surface area contributed by atoms with Crippen molar-refractivity contribution in [1.82, 2.24) is 5.43 Å². The van der Waals surface area contributed by atoms with Crippen LogP contribution in [-0.4, -0.2) is 24.4 Å². The van der Waals surface area contributed by atoms with E-state index in [4.69, 9.17) is 22.7 Å². The summed E-state index contributed by atoms with van der Waals surface area (Å²) in [7, 11) is 0. The summed E-state index contributed by atoms with van der Waals surface area (Å²) in [4.78, 5) is 2.27. The van der Waals surface area contributed by atoms with Crippen molar-refractivity contribution in [2.45, 2.75) is 27.4 Å². The fraction of sp³-hybridized carbons (Fsp3) is 0.300. The maximum atomic E-state index is 6.11. The summed E-state index contributed by atoms with van der Waals surface area (Å²) < 4.78 is 6.11. The van der Waals surface area contributed by atoms with Crippen LogP contribution in [-0.2, 0) is 6.61 Å². The molecule has 26 heavy (non-hydrogen) atoms. The summed E-state index contributed by atoms with van der Waals surface area (Å²) in [5, 5.41) is 4.18. The lowest BCUT2D eigenvalue weighted by Gasteiger charge is -2.22. The van der Waals surface area contributed by atoms with Gasteiger partial charge in [-0.25, -0.2) is 0 Å². The molecule has 0 heterocycles. The van der Waals surface area contributed by atoms with Crippen molar-refractivity contribution in [1.29, 1.82) is 0 Å². The maximum Gasteiger partial charge on any atom is 0.184 e. The molecule has 3 N–H and O–H groups in total. The van der Waals surface area contributed by atoms with E-state index in [9.17, 15) is 0 Å². The SMILES string of the molecule is CCN(CC)c1ccc(C=NNC(N)=S)c(OCc2cccc(C)c2)c1. The van der Waals surface area contributed by atoms with Crippen LogP contribution < -0.4 is 20.8 Å². The molecule has 2 aromatic carbocycles. The van der Waals surface area contributed by atoms with Gasteiger partial charge in [0.1, 0.15) is 12.4 Å². The summed E-state index contributed by atoms with van der Waals surface area (Å²) in [6, 6.07) is 14.4. The molecule has 2 aromatic rings. The van der Waals surface area contributed by atoms with Crippen molar-refractivity contribution in [3.8, 4) is 5.75 Å². The van der Waals surface area contributed by atoms with E-state index in [2.05, 4.69) is 60.5 Å². The molecule has 0 aliphatic heterocycles. The number of hydrazone groups is 1. The second-order valence-electron chi connectivity index (χ2n) is 5.91. The molecule has 0 aliphatic rings. The molecule has 0 spiro atoms. The molecule has 0 aromatic heterocycles. The molecule has 2 rings (SSSR count). The fourth-order valence-corrected chi connectivity index (χ4v) is 2.72. The summed E-state index contributed by atoms with van der Waals surface area (Å²) in [6.07, 6.45) is 1.66. The van der Waals surface area contributed by atoms with Gasteiger partial charge in [0.2, 0.25) is 0 Å². The minimum absolute atomic E-state index is 0.128. The van der Waals surface area contributed by atoms with Gasteiger partial charge in [-0.15, -0.1) is 0 Å². The normalized spacial score (nSPS) is 10.7. The Kier molecular flexibility index (Phi) is 7.41. The van der Waals surface area contributed by atoms with Crippen molar-refractivity contribution in [2.24, 2.45) is 10.8 Å². The van der Waals surface area contributed by atoms with Crippen molar-refractivity contribution in [3.63, 3.8) is 0 Å². The number of nitrogens with zero attached hydrogens (tertiary/aromatic N) is 2. The van der Waals surface area contributed by atoms with Gasteiger partial charge in [-0.3, -0.25) is 5.43 Å². The van der Waals surface area contributed by atoms with Crippen LogP contribution in [0.15, 0.2) is 47.6 Å². The molecule has 0 radical (unpaired) electrons. The van der Waals surface area contributed by atoms with E-state index in [-0.39, 0.29) is 5.11 Å². The predicted molar refractivity (Wildman–Crippen MR) is 113 cm³/mol. The standard InChI is InChI=1S/C20H26N4OS/c1-4-24(5-2)18-10-9-17(13-22-23-20(21)26)19(12-18)25-14-16-8-6-7-15(3)11-16/h6-13H,4-5,14H2,1-3H3,(H3,21,23,26). The average molecular weight is 371 g/mol. The van der Waals surface area contributed by atoms with E-state index in [0.717, 1.165) is 35.7 Å². The van der Waals surface area contributed by atoms with Gasteiger partial charge in [0.05, 0.1) is 6.21 Å². The van der Waals surface area contributed by atoms with Crippen LogP contribution in [0.2, 0.25) is 0 Å². The van der Waals surface area contributed by atoms with Gasteiger partial charge in [0, 0.05) is 30.4 Å². The Morgan fingerprint density at radius 1 is 1.23 bits per heavy atom. The van der Waals surface area contributed by atoms with Crippen LogP contribution in [0.4, 0.5) is 5.69 Å². The Morgan fingerprint density at radius 2 is 2.00 bits per heavy atom. The number of nitrogens with two attached hydrogens (primary N) is 1. The summed E-state index contributed by atoms with van der Waals surface area (Å²) in [5.41, 5.74) is 12.3. The van der Waals surface area contributed by atoms with Gasteiger partial charge in [-0.1, -0.05) is 29.8 Å². The zero-order chi connectivity index (χ0) is 18.9. The third-order valence-corrected chi connectivity index (χ3v) is 4.07. The van der Waals surface area contributed by atoms with Gasteiger partial charge in [0.25, 0.3) is 0 Å². The Bertz CT molecular complexity index is 772. The first kappa shape index (κ1) is 19.7. The van der Waals surface area contributed by atoms with E-state index in [1.54, 1.807) is 6.21 Å². The summed E-state index contributed by atoms with van der Waals surface area (Å²) in [5.74, 6) is 0.768. The summed E-state index contributed by atoms with van der Waals surface area (Å²) in [6.45, 7) is 8.71. The van der Waals surface area contributed by atoms with Crippen molar-refractivity contribution < 1.29 is 4.74 Å². The van der Waals surface area contributed by atoms with Crippen molar-refractivity contribution >= 4 is 29.2 Å². The second kappa shape index (κ2) is 9.77. The van der Waals surface area contributed by atoms with Gasteiger partial charge >= 0.3 is 0 Å². The van der Waals surface area contributed by atoms with E-state index < -0.39 is 0 Å². The van der Waals surface area contributed by atoms with E-state index >= 15 is 0 Å². The second-order valence-corrected chi connectivity index (χ2v) is 6.35. The first-order chi connectivity index (χ1) is 12.5. The average Bonchev–Trinajstić information content (AvgIpc) is 2.62. The first-order valence-corrected chi connectivity index (χ1v) is 9.10. The van der Waals surface area contributed by atoms with E-state index in [1.807, 2.05) is 18.2 Å². The highest BCUT2D eigenvalue weighted by molar-refractivity contribution is 7.80. The Labute approximate surface area is 160 Å². The zero-order valence-corrected chi connectivity index (χ0v) is 16.3. The first-order valence-electron chi connectivity index (χ1n) is 8.69. The molecule has 0 amide bonds.